The molecule has 1 aromatic rings. The average Bonchev–Trinajstić information content (AvgIpc) is 2.04. The van der Waals surface area contributed by atoms with Gasteiger partial charge in [-0.05, 0) is 12.5 Å². The Kier molecular flexibility index (Phi) is 3.39. The molecule has 0 heterocycles. The average molecular weight is 183 g/mol. The van der Waals surface area contributed by atoms with Gasteiger partial charge < -0.3 is 4.74 Å². The van der Waals surface area contributed by atoms with Crippen molar-refractivity contribution in [3.05, 3.63) is 35.9 Å². The van der Waals surface area contributed by atoms with Gasteiger partial charge in [0.25, 0.3) is 5.98 Å². The van der Waals surface area contributed by atoms with Gasteiger partial charge in [-0.3, -0.25) is 5.73 Å². The first-order valence-electron chi connectivity index (χ1n) is 4.30. The van der Waals surface area contributed by atoms with E-state index in [1.807, 2.05) is 30.3 Å². The standard InChI is InChI=1S/C10H14FNO/c1-2-13-10(11,12)8-9-6-4-3-5-7-9/h3-7H,2,8,12H2,1H3. The third-order valence-corrected chi connectivity index (χ3v) is 1.67. The van der Waals surface area contributed by atoms with Gasteiger partial charge in [-0.2, -0.15) is 4.39 Å². The molecule has 0 spiro atoms. The molecule has 13 heavy (non-hydrogen) atoms. The molecular weight excluding hydrogens is 169 g/mol. The van der Waals surface area contributed by atoms with Gasteiger partial charge in [0, 0.05) is 13.0 Å². The Morgan fingerprint density at radius 3 is 2.54 bits per heavy atom. The van der Waals surface area contributed by atoms with Crippen LogP contribution in [0.4, 0.5) is 4.39 Å². The van der Waals surface area contributed by atoms with Crippen LogP contribution in [0.2, 0.25) is 0 Å². The molecule has 0 saturated heterocycles. The second-order valence-electron chi connectivity index (χ2n) is 2.88. The number of halogens is 1. The molecule has 2 nitrogen and oxygen atoms in total. The van der Waals surface area contributed by atoms with E-state index in [9.17, 15) is 4.39 Å². The van der Waals surface area contributed by atoms with Crippen LogP contribution in [0, 0.1) is 0 Å². The molecule has 1 unspecified atom stereocenters. The number of benzene rings is 1. The van der Waals surface area contributed by atoms with Crippen LogP contribution in [-0.4, -0.2) is 12.6 Å². The molecule has 0 aliphatic carbocycles. The summed E-state index contributed by atoms with van der Waals surface area (Å²) >= 11 is 0. The fraction of sp³-hybridized carbons (Fsp3) is 0.400. The minimum absolute atomic E-state index is 0.0850. The largest absolute Gasteiger partial charge is 0.334 e. The maximum absolute atomic E-state index is 13.3. The Bertz CT molecular complexity index is 248. The van der Waals surface area contributed by atoms with Crippen molar-refractivity contribution in [2.45, 2.75) is 19.3 Å². The molecule has 0 fully saturated rings. The predicted octanol–water partition coefficient (Wildman–Crippen LogP) is 1.85. The van der Waals surface area contributed by atoms with Crippen molar-refractivity contribution < 1.29 is 9.13 Å². The number of ether oxygens (including phenoxy) is 1. The van der Waals surface area contributed by atoms with Gasteiger partial charge >= 0.3 is 0 Å². The molecular formula is C10H14FNO. The van der Waals surface area contributed by atoms with E-state index in [0.717, 1.165) is 5.56 Å². The van der Waals surface area contributed by atoms with Gasteiger partial charge in [0.05, 0.1) is 0 Å². The van der Waals surface area contributed by atoms with E-state index in [0.29, 0.717) is 0 Å². The van der Waals surface area contributed by atoms with Gasteiger partial charge in [-0.15, -0.1) is 0 Å². The zero-order chi connectivity index (χ0) is 9.73. The summed E-state index contributed by atoms with van der Waals surface area (Å²) in [6.07, 6.45) is 0.0850. The summed E-state index contributed by atoms with van der Waals surface area (Å²) in [5, 5.41) is 0. The Balaban J connectivity index is 2.58. The van der Waals surface area contributed by atoms with E-state index >= 15 is 0 Å². The first kappa shape index (κ1) is 10.2. The van der Waals surface area contributed by atoms with Crippen molar-refractivity contribution in [1.29, 1.82) is 0 Å². The number of hydrogen-bond donors (Lipinski definition) is 1. The second kappa shape index (κ2) is 4.35. The Morgan fingerprint density at radius 1 is 1.38 bits per heavy atom. The Labute approximate surface area is 77.5 Å². The SMILES string of the molecule is CCOC(N)(F)Cc1ccccc1. The summed E-state index contributed by atoms with van der Waals surface area (Å²) in [5.41, 5.74) is 6.10. The smallest absolute Gasteiger partial charge is 0.267 e. The zero-order valence-corrected chi connectivity index (χ0v) is 7.66. The molecule has 0 aromatic heterocycles. The lowest BCUT2D eigenvalue weighted by Crippen LogP contribution is -2.40. The maximum Gasteiger partial charge on any atom is 0.267 e. The van der Waals surface area contributed by atoms with E-state index in [-0.39, 0.29) is 13.0 Å². The van der Waals surface area contributed by atoms with Crippen molar-refractivity contribution in [3.8, 4) is 0 Å². The monoisotopic (exact) mass is 183 g/mol. The highest BCUT2D eigenvalue weighted by molar-refractivity contribution is 5.15. The quantitative estimate of drug-likeness (QED) is 0.571. The maximum atomic E-state index is 13.3. The molecule has 3 heteroatoms. The summed E-state index contributed by atoms with van der Waals surface area (Å²) in [4.78, 5) is 0. The highest BCUT2D eigenvalue weighted by Gasteiger charge is 2.23. The van der Waals surface area contributed by atoms with E-state index in [4.69, 9.17) is 10.5 Å². The number of hydrogen-bond acceptors (Lipinski definition) is 2. The topological polar surface area (TPSA) is 35.2 Å². The minimum atomic E-state index is -2.05. The van der Waals surface area contributed by atoms with E-state index in [2.05, 4.69) is 0 Å². The lowest BCUT2D eigenvalue weighted by atomic mass is 10.1. The molecule has 0 bridgehead atoms. The van der Waals surface area contributed by atoms with E-state index in [1.54, 1.807) is 6.92 Å². The normalized spacial score (nSPS) is 15.3. The third kappa shape index (κ3) is 3.53. The lowest BCUT2D eigenvalue weighted by Gasteiger charge is -2.19. The highest BCUT2D eigenvalue weighted by Crippen LogP contribution is 2.13. The highest BCUT2D eigenvalue weighted by atomic mass is 19.2. The molecule has 0 saturated carbocycles. The number of alkyl halides is 1. The third-order valence-electron chi connectivity index (χ3n) is 1.67. The second-order valence-corrected chi connectivity index (χ2v) is 2.88. The fourth-order valence-electron chi connectivity index (χ4n) is 1.17. The van der Waals surface area contributed by atoms with Gasteiger partial charge in [0.15, 0.2) is 0 Å². The molecule has 0 radical (unpaired) electrons. The summed E-state index contributed by atoms with van der Waals surface area (Å²) in [5.74, 6) is -2.05. The van der Waals surface area contributed by atoms with Gasteiger partial charge in [0.1, 0.15) is 0 Å². The Hall–Kier alpha value is -0.930. The molecule has 1 atom stereocenters. The summed E-state index contributed by atoms with van der Waals surface area (Å²) in [7, 11) is 0. The van der Waals surface area contributed by atoms with Crippen LogP contribution in [-0.2, 0) is 11.2 Å². The zero-order valence-electron chi connectivity index (χ0n) is 7.66. The van der Waals surface area contributed by atoms with Crippen molar-refractivity contribution in [1.82, 2.24) is 0 Å². The molecule has 72 valence electrons. The fourth-order valence-corrected chi connectivity index (χ4v) is 1.17. The van der Waals surface area contributed by atoms with E-state index in [1.165, 1.54) is 0 Å². The number of nitrogens with two attached hydrogens (primary N) is 1. The van der Waals surface area contributed by atoms with Crippen molar-refractivity contribution in [3.63, 3.8) is 0 Å². The first-order valence-corrected chi connectivity index (χ1v) is 4.30. The van der Waals surface area contributed by atoms with Crippen LogP contribution in [0.15, 0.2) is 30.3 Å². The minimum Gasteiger partial charge on any atom is -0.334 e. The van der Waals surface area contributed by atoms with Crippen LogP contribution >= 0.6 is 0 Å². The van der Waals surface area contributed by atoms with Crippen molar-refractivity contribution in [2.24, 2.45) is 5.73 Å². The van der Waals surface area contributed by atoms with Crippen LogP contribution in [0.5, 0.6) is 0 Å². The molecule has 1 rings (SSSR count). The van der Waals surface area contributed by atoms with Gasteiger partial charge in [-0.25, -0.2) is 0 Å². The van der Waals surface area contributed by atoms with Crippen LogP contribution < -0.4 is 5.73 Å². The summed E-state index contributed by atoms with van der Waals surface area (Å²) in [6.45, 7) is 1.99. The molecule has 0 aliphatic heterocycles. The molecule has 1 aromatic carbocycles. The Morgan fingerprint density at radius 2 is 2.00 bits per heavy atom. The van der Waals surface area contributed by atoms with Crippen LogP contribution in [0.1, 0.15) is 12.5 Å². The summed E-state index contributed by atoms with van der Waals surface area (Å²) in [6, 6.07) is 9.20. The van der Waals surface area contributed by atoms with Crippen LogP contribution in [0.25, 0.3) is 0 Å². The molecule has 0 aliphatic rings. The first-order chi connectivity index (χ1) is 6.14. The van der Waals surface area contributed by atoms with Crippen LogP contribution in [0.3, 0.4) is 0 Å². The number of rotatable bonds is 4. The van der Waals surface area contributed by atoms with E-state index < -0.39 is 5.98 Å². The molecule has 2 N–H and O–H groups in total. The molecule has 0 amide bonds. The van der Waals surface area contributed by atoms with Crippen molar-refractivity contribution in [2.75, 3.05) is 6.61 Å². The summed E-state index contributed by atoms with van der Waals surface area (Å²) < 4.78 is 18.1. The van der Waals surface area contributed by atoms with Gasteiger partial charge in [0.2, 0.25) is 0 Å². The lowest BCUT2D eigenvalue weighted by molar-refractivity contribution is -0.135. The predicted molar refractivity (Wildman–Crippen MR) is 49.8 cm³/mol. The van der Waals surface area contributed by atoms with Gasteiger partial charge in [-0.1, -0.05) is 30.3 Å². The van der Waals surface area contributed by atoms with Crippen molar-refractivity contribution >= 4 is 0 Å².